The van der Waals surface area contributed by atoms with Gasteiger partial charge in [0.25, 0.3) is 0 Å². The number of nitrogens with one attached hydrogen (secondary N) is 1. The summed E-state index contributed by atoms with van der Waals surface area (Å²) in [6.45, 7) is 0. The largest absolute Gasteiger partial charge is 0.493 e. The third-order valence-electron chi connectivity index (χ3n) is 3.92. The minimum atomic E-state index is -0.458. The van der Waals surface area contributed by atoms with Crippen LogP contribution in [0.3, 0.4) is 0 Å². The topological polar surface area (TPSA) is 50.7 Å². The first kappa shape index (κ1) is 13.8. The monoisotopic (exact) mass is 285 g/mol. The Morgan fingerprint density at radius 1 is 1.05 bits per heavy atom. The van der Waals surface area contributed by atoms with Crippen LogP contribution < -0.4 is 14.8 Å². The van der Waals surface area contributed by atoms with E-state index in [9.17, 15) is 5.11 Å². The third-order valence-corrected chi connectivity index (χ3v) is 3.92. The first-order valence-corrected chi connectivity index (χ1v) is 6.98. The van der Waals surface area contributed by atoms with Crippen molar-refractivity contribution in [2.45, 2.75) is 18.6 Å². The van der Waals surface area contributed by atoms with E-state index in [-0.39, 0.29) is 6.04 Å². The number of benzene rings is 2. The third kappa shape index (κ3) is 2.54. The summed E-state index contributed by atoms with van der Waals surface area (Å²) in [5.74, 6) is 1.41. The molecule has 1 heterocycles. The van der Waals surface area contributed by atoms with Crippen molar-refractivity contribution in [3.8, 4) is 11.5 Å². The Labute approximate surface area is 124 Å². The second-order valence-electron chi connectivity index (χ2n) is 5.15. The summed E-state index contributed by atoms with van der Waals surface area (Å²) in [5, 5.41) is 13.8. The molecule has 110 valence electrons. The standard InChI is InChI=1S/C17H19NO3/c1-20-16-8-7-11(9-17(16)21-2)14-10-15(19)12-5-3-4-6-13(12)18-14/h3-9,14-15,18-19H,10H2,1-2H3/t14-,15-/m0/s1. The lowest BCUT2D eigenvalue weighted by Crippen LogP contribution is -2.21. The molecule has 0 amide bonds. The molecule has 3 rings (SSSR count). The zero-order valence-electron chi connectivity index (χ0n) is 12.2. The second kappa shape index (κ2) is 5.66. The molecule has 2 aromatic carbocycles. The quantitative estimate of drug-likeness (QED) is 0.908. The van der Waals surface area contributed by atoms with Gasteiger partial charge in [-0.05, 0) is 23.8 Å². The number of para-hydroxylation sites is 1. The van der Waals surface area contributed by atoms with Crippen molar-refractivity contribution in [2.75, 3.05) is 19.5 Å². The van der Waals surface area contributed by atoms with Crippen LogP contribution in [0.2, 0.25) is 0 Å². The van der Waals surface area contributed by atoms with E-state index >= 15 is 0 Å². The Bertz CT molecular complexity index is 642. The van der Waals surface area contributed by atoms with E-state index in [2.05, 4.69) is 5.32 Å². The summed E-state index contributed by atoms with van der Waals surface area (Å²) in [4.78, 5) is 0. The number of fused-ring (bicyclic) bond motifs is 1. The SMILES string of the molecule is COc1ccc([C@@H]2C[C@H](O)c3ccccc3N2)cc1OC. The van der Waals surface area contributed by atoms with E-state index in [0.29, 0.717) is 17.9 Å². The zero-order valence-corrected chi connectivity index (χ0v) is 12.2. The number of methoxy groups -OCH3 is 2. The highest BCUT2D eigenvalue weighted by Gasteiger charge is 2.26. The number of hydrogen-bond donors (Lipinski definition) is 2. The summed E-state index contributed by atoms with van der Waals surface area (Å²) in [7, 11) is 3.25. The molecule has 0 aliphatic carbocycles. The fourth-order valence-electron chi connectivity index (χ4n) is 2.80. The highest BCUT2D eigenvalue weighted by Crippen LogP contribution is 2.40. The van der Waals surface area contributed by atoms with Gasteiger partial charge in [0.1, 0.15) is 0 Å². The maximum atomic E-state index is 10.3. The number of anilines is 1. The van der Waals surface area contributed by atoms with Crippen LogP contribution in [-0.2, 0) is 0 Å². The van der Waals surface area contributed by atoms with E-state index in [1.165, 1.54) is 0 Å². The molecule has 0 aromatic heterocycles. The lowest BCUT2D eigenvalue weighted by Gasteiger charge is -2.31. The maximum absolute atomic E-state index is 10.3. The van der Waals surface area contributed by atoms with Gasteiger partial charge in [0.05, 0.1) is 26.4 Å². The lowest BCUT2D eigenvalue weighted by atomic mass is 9.91. The zero-order chi connectivity index (χ0) is 14.8. The number of aliphatic hydroxyl groups is 1. The smallest absolute Gasteiger partial charge is 0.161 e. The number of ether oxygens (including phenoxy) is 2. The van der Waals surface area contributed by atoms with Gasteiger partial charge in [0.15, 0.2) is 11.5 Å². The van der Waals surface area contributed by atoms with E-state index < -0.39 is 6.10 Å². The minimum Gasteiger partial charge on any atom is -0.493 e. The molecule has 0 saturated carbocycles. The Morgan fingerprint density at radius 3 is 2.57 bits per heavy atom. The van der Waals surface area contributed by atoms with Crippen molar-refractivity contribution in [2.24, 2.45) is 0 Å². The normalized spacial score (nSPS) is 20.3. The van der Waals surface area contributed by atoms with E-state index in [1.807, 2.05) is 42.5 Å². The average molecular weight is 285 g/mol. The van der Waals surface area contributed by atoms with Crippen LogP contribution in [-0.4, -0.2) is 19.3 Å². The summed E-state index contributed by atoms with van der Waals surface area (Å²) < 4.78 is 10.6. The number of rotatable bonds is 3. The van der Waals surface area contributed by atoms with Gasteiger partial charge < -0.3 is 19.9 Å². The van der Waals surface area contributed by atoms with Crippen molar-refractivity contribution in [1.82, 2.24) is 0 Å². The van der Waals surface area contributed by atoms with Gasteiger partial charge in [-0.2, -0.15) is 0 Å². The molecule has 1 aliphatic rings. The van der Waals surface area contributed by atoms with E-state index in [4.69, 9.17) is 9.47 Å². The van der Waals surface area contributed by atoms with Crippen molar-refractivity contribution in [1.29, 1.82) is 0 Å². The maximum Gasteiger partial charge on any atom is 0.161 e. The molecule has 0 unspecified atom stereocenters. The molecule has 0 bridgehead atoms. The Morgan fingerprint density at radius 2 is 1.81 bits per heavy atom. The highest BCUT2D eigenvalue weighted by molar-refractivity contribution is 5.57. The van der Waals surface area contributed by atoms with Crippen LogP contribution in [0, 0.1) is 0 Å². The van der Waals surface area contributed by atoms with Crippen LogP contribution in [0.1, 0.15) is 29.7 Å². The molecule has 2 N–H and O–H groups in total. The van der Waals surface area contributed by atoms with Crippen molar-refractivity contribution in [3.05, 3.63) is 53.6 Å². The van der Waals surface area contributed by atoms with Crippen LogP contribution in [0.25, 0.3) is 0 Å². The molecule has 0 radical (unpaired) electrons. The average Bonchev–Trinajstić information content (AvgIpc) is 2.54. The Kier molecular flexibility index (Phi) is 3.71. The van der Waals surface area contributed by atoms with Gasteiger partial charge in [-0.3, -0.25) is 0 Å². The molecule has 0 fully saturated rings. The van der Waals surface area contributed by atoms with Gasteiger partial charge in [-0.25, -0.2) is 0 Å². The summed E-state index contributed by atoms with van der Waals surface area (Å²) in [5.41, 5.74) is 3.01. The van der Waals surface area contributed by atoms with Gasteiger partial charge in [0, 0.05) is 17.7 Å². The van der Waals surface area contributed by atoms with Crippen LogP contribution in [0.5, 0.6) is 11.5 Å². The first-order chi connectivity index (χ1) is 10.2. The van der Waals surface area contributed by atoms with Crippen LogP contribution in [0.4, 0.5) is 5.69 Å². The van der Waals surface area contributed by atoms with Crippen molar-refractivity contribution < 1.29 is 14.6 Å². The Hall–Kier alpha value is -2.20. The fourth-order valence-corrected chi connectivity index (χ4v) is 2.80. The molecule has 0 saturated heterocycles. The number of aliphatic hydroxyl groups excluding tert-OH is 1. The summed E-state index contributed by atoms with van der Waals surface area (Å²) >= 11 is 0. The van der Waals surface area contributed by atoms with Crippen molar-refractivity contribution >= 4 is 5.69 Å². The predicted octanol–water partition coefficient (Wildman–Crippen LogP) is 3.29. The molecular weight excluding hydrogens is 266 g/mol. The lowest BCUT2D eigenvalue weighted by molar-refractivity contribution is 0.156. The minimum absolute atomic E-state index is 0.0507. The first-order valence-electron chi connectivity index (χ1n) is 6.98. The van der Waals surface area contributed by atoms with Gasteiger partial charge in [-0.1, -0.05) is 24.3 Å². The van der Waals surface area contributed by atoms with Gasteiger partial charge in [0.2, 0.25) is 0 Å². The Balaban J connectivity index is 1.92. The van der Waals surface area contributed by atoms with Crippen LogP contribution >= 0.6 is 0 Å². The number of hydrogen-bond acceptors (Lipinski definition) is 4. The van der Waals surface area contributed by atoms with Crippen LogP contribution in [0.15, 0.2) is 42.5 Å². The van der Waals surface area contributed by atoms with Gasteiger partial charge >= 0.3 is 0 Å². The van der Waals surface area contributed by atoms with Crippen molar-refractivity contribution in [3.63, 3.8) is 0 Å². The molecule has 2 atom stereocenters. The molecular formula is C17H19NO3. The molecule has 2 aromatic rings. The highest BCUT2D eigenvalue weighted by atomic mass is 16.5. The molecule has 1 aliphatic heterocycles. The summed E-state index contributed by atoms with van der Waals surface area (Å²) in [6, 6.07) is 13.8. The van der Waals surface area contributed by atoms with E-state index in [0.717, 1.165) is 16.8 Å². The molecule has 4 nitrogen and oxygen atoms in total. The predicted molar refractivity (Wildman–Crippen MR) is 81.9 cm³/mol. The fraction of sp³-hybridized carbons (Fsp3) is 0.294. The van der Waals surface area contributed by atoms with Gasteiger partial charge in [-0.15, -0.1) is 0 Å². The summed E-state index contributed by atoms with van der Waals surface area (Å²) in [6.07, 6.45) is 0.174. The molecule has 0 spiro atoms. The van der Waals surface area contributed by atoms with E-state index in [1.54, 1.807) is 14.2 Å². The molecule has 4 heteroatoms. The molecule has 21 heavy (non-hydrogen) atoms. The second-order valence-corrected chi connectivity index (χ2v) is 5.15.